The number of hydrogen-bond acceptors (Lipinski definition) is 2. The largest absolute Gasteiger partial charge is 0.326 e. The maximum Gasteiger partial charge on any atom is 0.257 e. The highest BCUT2D eigenvalue weighted by atomic mass is 79.9. The summed E-state index contributed by atoms with van der Waals surface area (Å²) in [6, 6.07) is 15.5. The predicted molar refractivity (Wildman–Crippen MR) is 137 cm³/mol. The first-order valence-corrected chi connectivity index (χ1v) is 12.3. The summed E-state index contributed by atoms with van der Waals surface area (Å²) in [5.74, 6) is -2.39. The Bertz CT molecular complexity index is 1230. The van der Waals surface area contributed by atoms with Crippen molar-refractivity contribution < 1.29 is 14.0 Å². The predicted octanol–water partition coefficient (Wildman–Crippen LogP) is 7.78. The Morgan fingerprint density at radius 3 is 2.12 bits per heavy atom. The molecular formula is C23H14Br2Cl3FN2O2. The second kappa shape index (κ2) is 9.55. The minimum absolute atomic E-state index is 0.144. The second-order valence-electron chi connectivity index (χ2n) is 7.48. The molecule has 0 spiro atoms. The number of carbonyl (C=O) groups excluding carboxylic acids is 2. The van der Waals surface area contributed by atoms with Gasteiger partial charge in [-0.1, -0.05) is 43.5 Å². The van der Waals surface area contributed by atoms with Gasteiger partial charge in [0.05, 0.1) is 16.5 Å². The summed E-state index contributed by atoms with van der Waals surface area (Å²) < 4.78 is 13.5. The number of rotatable bonds is 5. The molecule has 0 aliphatic heterocycles. The van der Waals surface area contributed by atoms with Crippen LogP contribution in [0.5, 0.6) is 0 Å². The molecule has 0 aromatic heterocycles. The summed E-state index contributed by atoms with van der Waals surface area (Å²) in [6.07, 6.45) is 0. The smallest absolute Gasteiger partial charge is 0.257 e. The van der Waals surface area contributed by atoms with E-state index in [0.29, 0.717) is 11.4 Å². The van der Waals surface area contributed by atoms with Gasteiger partial charge >= 0.3 is 0 Å². The standard InChI is InChI=1S/C23H14Br2Cl3FN2O2/c24-12-7-11(8-13(25)9-12)19-20(23(19,27)28)22(33)31-16-5-6-18(26)17(10-16)21(32)30-15-3-1-14(29)2-4-15/h1-10,19-20H,(H,30,32)(H,31,33). The molecule has 1 fully saturated rings. The van der Waals surface area contributed by atoms with Gasteiger partial charge in [0.1, 0.15) is 10.2 Å². The Hall–Kier alpha value is -1.64. The molecule has 0 bridgehead atoms. The van der Waals surface area contributed by atoms with Crippen LogP contribution in [0.15, 0.2) is 69.6 Å². The Kier molecular flexibility index (Phi) is 7.08. The lowest BCUT2D eigenvalue weighted by molar-refractivity contribution is -0.117. The molecule has 3 aromatic rings. The van der Waals surface area contributed by atoms with Gasteiger partial charge in [0.2, 0.25) is 5.91 Å². The van der Waals surface area contributed by atoms with Gasteiger partial charge in [0.15, 0.2) is 0 Å². The monoisotopic (exact) mass is 632 g/mol. The third-order valence-corrected chi connectivity index (χ3v) is 7.35. The number of alkyl halides is 2. The summed E-state index contributed by atoms with van der Waals surface area (Å²) in [6.45, 7) is 0. The van der Waals surface area contributed by atoms with E-state index in [0.717, 1.165) is 14.5 Å². The van der Waals surface area contributed by atoms with E-state index in [9.17, 15) is 14.0 Å². The highest BCUT2D eigenvalue weighted by molar-refractivity contribution is 9.11. The van der Waals surface area contributed by atoms with E-state index in [-0.39, 0.29) is 16.5 Å². The van der Waals surface area contributed by atoms with Gasteiger partial charge in [0.25, 0.3) is 5.91 Å². The van der Waals surface area contributed by atoms with Crippen molar-refractivity contribution in [3.05, 3.63) is 91.6 Å². The van der Waals surface area contributed by atoms with E-state index in [1.54, 1.807) is 6.07 Å². The fraction of sp³-hybridized carbons (Fsp3) is 0.130. The number of halogens is 6. The summed E-state index contributed by atoms with van der Waals surface area (Å²) in [5.41, 5.74) is 1.72. The first kappa shape index (κ1) is 24.5. The summed E-state index contributed by atoms with van der Waals surface area (Å²) in [4.78, 5) is 25.6. The molecule has 0 radical (unpaired) electrons. The molecule has 2 unspecified atom stereocenters. The summed E-state index contributed by atoms with van der Waals surface area (Å²) >= 11 is 25.9. The maximum atomic E-state index is 13.1. The van der Waals surface area contributed by atoms with E-state index >= 15 is 0 Å². The molecule has 3 aromatic carbocycles. The zero-order valence-electron chi connectivity index (χ0n) is 16.5. The van der Waals surface area contributed by atoms with Crippen molar-refractivity contribution in [2.45, 2.75) is 10.3 Å². The zero-order valence-corrected chi connectivity index (χ0v) is 22.0. The van der Waals surface area contributed by atoms with Gasteiger partial charge in [-0.05, 0) is 66.2 Å². The SMILES string of the molecule is O=C(Nc1ccc(F)cc1)c1cc(NC(=O)C2C(c3cc(Br)cc(Br)c3)C2(Cl)Cl)ccc1Cl. The summed E-state index contributed by atoms with van der Waals surface area (Å²) in [5, 5.41) is 5.60. The first-order chi connectivity index (χ1) is 15.6. The average Bonchev–Trinajstić information content (AvgIpc) is 3.32. The van der Waals surface area contributed by atoms with E-state index in [1.165, 1.54) is 36.4 Å². The molecule has 1 aliphatic rings. The van der Waals surface area contributed by atoms with Crippen LogP contribution in [0.4, 0.5) is 15.8 Å². The topological polar surface area (TPSA) is 58.2 Å². The second-order valence-corrected chi connectivity index (χ2v) is 11.2. The number of hydrogen-bond donors (Lipinski definition) is 2. The Labute approximate surface area is 221 Å². The molecule has 2 atom stereocenters. The van der Waals surface area contributed by atoms with Gasteiger partial charge in [-0.3, -0.25) is 9.59 Å². The van der Waals surface area contributed by atoms with E-state index in [4.69, 9.17) is 34.8 Å². The molecule has 4 nitrogen and oxygen atoms in total. The van der Waals surface area contributed by atoms with Crippen molar-refractivity contribution >= 4 is 89.9 Å². The summed E-state index contributed by atoms with van der Waals surface area (Å²) in [7, 11) is 0. The van der Waals surface area contributed by atoms with Crippen LogP contribution >= 0.6 is 66.7 Å². The van der Waals surface area contributed by atoms with Crippen LogP contribution in [0.3, 0.4) is 0 Å². The lowest BCUT2D eigenvalue weighted by Gasteiger charge is -2.10. The Morgan fingerprint density at radius 1 is 0.879 bits per heavy atom. The number of anilines is 2. The van der Waals surface area contributed by atoms with Crippen molar-refractivity contribution in [1.82, 2.24) is 0 Å². The molecule has 10 heteroatoms. The Balaban J connectivity index is 1.50. The molecule has 4 rings (SSSR count). The minimum atomic E-state index is -1.26. The van der Waals surface area contributed by atoms with Gasteiger partial charge in [-0.25, -0.2) is 4.39 Å². The molecule has 0 heterocycles. The van der Waals surface area contributed by atoms with Crippen LogP contribution in [0, 0.1) is 11.7 Å². The van der Waals surface area contributed by atoms with E-state index in [2.05, 4.69) is 42.5 Å². The molecule has 0 saturated heterocycles. The number of amides is 2. The zero-order chi connectivity index (χ0) is 23.9. The van der Waals surface area contributed by atoms with Crippen LogP contribution in [0.2, 0.25) is 5.02 Å². The average molecular weight is 636 g/mol. The minimum Gasteiger partial charge on any atom is -0.326 e. The molecule has 1 aliphatic carbocycles. The van der Waals surface area contributed by atoms with Crippen LogP contribution in [-0.4, -0.2) is 16.1 Å². The van der Waals surface area contributed by atoms with Crippen LogP contribution in [0.1, 0.15) is 21.8 Å². The number of nitrogens with one attached hydrogen (secondary N) is 2. The maximum absolute atomic E-state index is 13.1. The quantitative estimate of drug-likeness (QED) is 0.282. The van der Waals surface area contributed by atoms with Gasteiger partial charge in [0, 0.05) is 26.2 Å². The highest BCUT2D eigenvalue weighted by Crippen LogP contribution is 2.65. The van der Waals surface area contributed by atoms with Crippen LogP contribution in [0.25, 0.3) is 0 Å². The van der Waals surface area contributed by atoms with Crippen molar-refractivity contribution in [1.29, 1.82) is 0 Å². The molecule has 2 N–H and O–H groups in total. The van der Waals surface area contributed by atoms with E-state index in [1.807, 2.05) is 18.2 Å². The highest BCUT2D eigenvalue weighted by Gasteiger charge is 2.67. The lowest BCUT2D eigenvalue weighted by Crippen LogP contribution is -2.18. The van der Waals surface area contributed by atoms with Crippen molar-refractivity contribution in [3.8, 4) is 0 Å². The third-order valence-electron chi connectivity index (χ3n) is 5.16. The molecule has 33 heavy (non-hydrogen) atoms. The molecular weight excluding hydrogens is 621 g/mol. The normalized spacial score (nSPS) is 18.5. The fourth-order valence-electron chi connectivity index (χ4n) is 3.55. The fourth-order valence-corrected chi connectivity index (χ4v) is 5.91. The third kappa shape index (κ3) is 5.38. The number of carbonyl (C=O) groups is 2. The van der Waals surface area contributed by atoms with Crippen molar-refractivity contribution in [2.24, 2.45) is 5.92 Å². The first-order valence-electron chi connectivity index (χ1n) is 9.57. The lowest BCUT2D eigenvalue weighted by atomic mass is 10.1. The van der Waals surface area contributed by atoms with Crippen LogP contribution in [-0.2, 0) is 4.79 Å². The van der Waals surface area contributed by atoms with Gasteiger partial charge in [-0.15, -0.1) is 23.2 Å². The van der Waals surface area contributed by atoms with Crippen molar-refractivity contribution in [3.63, 3.8) is 0 Å². The molecule has 170 valence electrons. The van der Waals surface area contributed by atoms with Gasteiger partial charge < -0.3 is 10.6 Å². The molecule has 2 amide bonds. The van der Waals surface area contributed by atoms with E-state index < -0.39 is 27.9 Å². The number of benzene rings is 3. The Morgan fingerprint density at radius 2 is 1.48 bits per heavy atom. The van der Waals surface area contributed by atoms with Gasteiger partial charge in [-0.2, -0.15) is 0 Å². The van der Waals surface area contributed by atoms with Crippen molar-refractivity contribution in [2.75, 3.05) is 10.6 Å². The van der Waals surface area contributed by atoms with Crippen LogP contribution < -0.4 is 10.6 Å². The molecule has 1 saturated carbocycles.